The molecule has 12 aromatic rings. The van der Waals surface area contributed by atoms with E-state index >= 15 is 0 Å². The number of benzene rings is 1. The van der Waals surface area contributed by atoms with Gasteiger partial charge in [0.25, 0.3) is 0 Å². The van der Waals surface area contributed by atoms with E-state index in [0.717, 1.165) is 253 Å². The van der Waals surface area contributed by atoms with Crippen molar-refractivity contribution >= 4 is 110 Å². The van der Waals surface area contributed by atoms with Gasteiger partial charge in [0.1, 0.15) is 34.6 Å². The Hall–Kier alpha value is -9.46. The Balaban J connectivity index is 0.000000201. The smallest absolute Gasteiger partial charge is 0.155 e. The van der Waals surface area contributed by atoms with Crippen molar-refractivity contribution in [1.82, 2.24) is 79.2 Å². The molecule has 11 aromatic heterocycles. The summed E-state index contributed by atoms with van der Waals surface area (Å²) < 4.78 is 1.34. The lowest BCUT2D eigenvalue weighted by Crippen LogP contribution is -2.45. The van der Waals surface area contributed by atoms with Crippen LogP contribution in [0.5, 0.6) is 0 Å². The van der Waals surface area contributed by atoms with E-state index in [9.17, 15) is 0 Å². The Morgan fingerprint density at radius 2 is 0.560 bits per heavy atom. The molecule has 6 fully saturated rings. The molecule has 0 radical (unpaired) electrons. The fourth-order valence-corrected chi connectivity index (χ4v) is 16.2. The molecule has 22 nitrogen and oxygen atoms in total. The number of piperazine rings is 6. The molecule has 0 N–H and O–H groups in total. The molecule has 0 aliphatic carbocycles. The molecule has 18 rings (SSSR count). The topological polar surface area (TPSA) is 168 Å². The monoisotopic (exact) mass is 1720 g/mol. The van der Waals surface area contributed by atoms with E-state index in [1.54, 1.807) is 0 Å². The maximum absolute atomic E-state index is 4.88. The number of aromatic nitrogens is 10. The van der Waals surface area contributed by atoms with Gasteiger partial charge in [-0.15, -0.1) is 11.3 Å². The molecule has 6 aliphatic rings. The van der Waals surface area contributed by atoms with E-state index in [-0.39, 0.29) is 0 Å². The highest BCUT2D eigenvalue weighted by Crippen LogP contribution is 2.34. The minimum Gasteiger partial charge on any atom is -0.354 e. The number of hydrogen-bond acceptors (Lipinski definition) is 23. The molecule has 23 heteroatoms. The van der Waals surface area contributed by atoms with E-state index < -0.39 is 0 Å². The number of aryl methyl sites for hydroxylation is 6. The minimum atomic E-state index is 0.952. The summed E-state index contributed by atoms with van der Waals surface area (Å²) in [5.74, 6) is 6.77. The summed E-state index contributed by atoms with van der Waals surface area (Å²) in [5.41, 5.74) is 9.06. The summed E-state index contributed by atoms with van der Waals surface area (Å²) >= 11 is 1.81. The summed E-state index contributed by atoms with van der Waals surface area (Å²) in [6.07, 6.45) is 17.2. The molecule has 0 spiro atoms. The van der Waals surface area contributed by atoms with Crippen LogP contribution in [-0.2, 0) is 38.5 Å². The SMILES string of the molecule is CC.CC.CC.CC.CC.CC.CCc1cc2ccccc2c(N2CCN(C)CC2)n1.CCc1cc2cccnc2c(N2CCN(C)CC2)n1.CCc1cc2ccncc2c(N2CCN(C)CC2)n1.CCc1cc2ccsc2c(N2CCN(C)CC2)n1.CCc1cc2cnccc2c(N2CCN(C)CC2)n1.CCc1cc2ncccc2c(N2CCN(C)CC2)n1. The molecule has 0 saturated carbocycles. The highest BCUT2D eigenvalue weighted by atomic mass is 32.1. The van der Waals surface area contributed by atoms with Crippen molar-refractivity contribution in [3.05, 3.63) is 180 Å². The van der Waals surface area contributed by atoms with Crippen LogP contribution >= 0.6 is 11.3 Å². The molecule has 0 bridgehead atoms. The molecule has 680 valence electrons. The highest BCUT2D eigenvalue weighted by Gasteiger charge is 2.26. The van der Waals surface area contributed by atoms with Crippen molar-refractivity contribution < 1.29 is 0 Å². The van der Waals surface area contributed by atoms with Gasteiger partial charge in [0, 0.05) is 261 Å². The fourth-order valence-electron chi connectivity index (χ4n) is 15.3. The lowest BCUT2D eigenvalue weighted by atomic mass is 10.1. The summed E-state index contributed by atoms with van der Waals surface area (Å²) in [6.45, 7) is 62.9. The Kier molecular flexibility index (Phi) is 45.3. The first-order valence-corrected chi connectivity index (χ1v) is 48.4. The van der Waals surface area contributed by atoms with Gasteiger partial charge < -0.3 is 58.8 Å². The van der Waals surface area contributed by atoms with Gasteiger partial charge in [-0.2, -0.15) is 0 Å². The highest BCUT2D eigenvalue weighted by molar-refractivity contribution is 7.17. The summed E-state index contributed by atoms with van der Waals surface area (Å²) in [6, 6.07) is 36.2. The average molecular weight is 1720 g/mol. The first kappa shape index (κ1) is 103. The van der Waals surface area contributed by atoms with Crippen LogP contribution in [-0.4, -0.2) is 279 Å². The van der Waals surface area contributed by atoms with Gasteiger partial charge >= 0.3 is 0 Å². The zero-order valence-electron chi connectivity index (χ0n) is 81.3. The van der Waals surface area contributed by atoms with Gasteiger partial charge in [0.2, 0.25) is 0 Å². The van der Waals surface area contributed by atoms with Crippen LogP contribution in [0.2, 0.25) is 0 Å². The van der Waals surface area contributed by atoms with E-state index in [2.05, 4.69) is 259 Å². The van der Waals surface area contributed by atoms with Crippen LogP contribution in [0.1, 0.15) is 159 Å². The van der Waals surface area contributed by atoms with Gasteiger partial charge in [-0.05, 0) is 175 Å². The second kappa shape index (κ2) is 55.2. The fraction of sp³-hybridized carbons (Fsp3) is 0.529. The molecule has 6 aliphatic heterocycles. The molecule has 0 atom stereocenters. The number of fused-ring (bicyclic) bond motifs is 6. The quantitative estimate of drug-likeness (QED) is 0.113. The predicted molar refractivity (Wildman–Crippen MR) is 542 cm³/mol. The van der Waals surface area contributed by atoms with Crippen molar-refractivity contribution in [1.29, 1.82) is 0 Å². The van der Waals surface area contributed by atoms with E-state index in [0.29, 0.717) is 0 Å². The maximum atomic E-state index is 4.88. The number of thiophene rings is 1. The molecule has 125 heavy (non-hydrogen) atoms. The normalized spacial score (nSPS) is 15.8. The van der Waals surface area contributed by atoms with Crippen LogP contribution in [0, 0.1) is 0 Å². The van der Waals surface area contributed by atoms with E-state index in [1.807, 2.05) is 144 Å². The second-order valence-electron chi connectivity index (χ2n) is 30.9. The average Bonchev–Trinajstić information content (AvgIpc) is 1.76. The van der Waals surface area contributed by atoms with Gasteiger partial charge in [0.05, 0.1) is 10.2 Å². The van der Waals surface area contributed by atoms with Gasteiger partial charge in [0.15, 0.2) is 5.82 Å². The lowest BCUT2D eigenvalue weighted by molar-refractivity contribution is 0.312. The third kappa shape index (κ3) is 29.0. The maximum Gasteiger partial charge on any atom is 0.155 e. The zero-order valence-corrected chi connectivity index (χ0v) is 82.1. The largest absolute Gasteiger partial charge is 0.354 e. The minimum absolute atomic E-state index is 0.952. The third-order valence-corrected chi connectivity index (χ3v) is 23.7. The first-order valence-electron chi connectivity index (χ1n) is 47.5. The molecule has 1 aromatic carbocycles. The summed E-state index contributed by atoms with van der Waals surface area (Å²) in [7, 11) is 13.1. The zero-order chi connectivity index (χ0) is 90.7. The number of rotatable bonds is 12. The van der Waals surface area contributed by atoms with Crippen LogP contribution < -0.4 is 29.4 Å². The summed E-state index contributed by atoms with van der Waals surface area (Å²) in [4.78, 5) is 75.2. The van der Waals surface area contributed by atoms with Crippen molar-refractivity contribution in [2.24, 2.45) is 0 Å². The predicted octanol–water partition coefficient (Wildman–Crippen LogP) is 19.1. The van der Waals surface area contributed by atoms with Gasteiger partial charge in [-0.1, -0.05) is 155 Å². The lowest BCUT2D eigenvalue weighted by Gasteiger charge is -2.34. The summed E-state index contributed by atoms with van der Waals surface area (Å²) in [5, 5.41) is 13.3. The Morgan fingerprint density at radius 1 is 0.256 bits per heavy atom. The third-order valence-electron chi connectivity index (χ3n) is 22.8. The Labute approximate surface area is 756 Å². The number of hydrogen-bond donors (Lipinski definition) is 0. The van der Waals surface area contributed by atoms with Crippen molar-refractivity contribution in [2.45, 2.75) is 163 Å². The molecule has 17 heterocycles. The van der Waals surface area contributed by atoms with Crippen LogP contribution in [0.15, 0.2) is 146 Å². The first-order chi connectivity index (χ1) is 61.2. The standard InChI is InChI=1S/C16H21N3.4C15H20N4.C14H19N3S.6C2H6/c1-3-14-12-13-6-4-5-7-15(13)16(17-14)19-10-8-18(2)9-11-19;1-3-13-10-12-11-16-5-4-14(12)15(17-13)19-8-6-18(2)7-9-19;1-3-13-10-12-4-5-16-11-14(12)15(17-13)19-8-6-18(2)7-9-19;1-3-13-11-12-5-4-6-16-14(12)15(17-13)19-9-7-18(2)8-10-19;1-3-12-11-14-13(5-4-6-16-14)15(17-12)19-9-7-18(2)8-10-19;1-3-12-10-11-4-9-18-13(11)14(15-12)17-7-5-16(2)6-8-17;6*1-2/h4-7,12H,3,8-11H2,1-2H3;2*4-5,10-11H,3,6-9H2,1-2H3;2*4-6,11H,3,7-10H2,1-2H3;4,9-10H,3,5-8H2,1-2H3;6*1-2H3. The molecule has 0 unspecified atom stereocenters. The number of likely N-dealkylation sites (N-methyl/N-ethyl adjacent to an activating group) is 6. The number of nitrogens with zero attached hydrogens (tertiary/aromatic N) is 22. The van der Waals surface area contributed by atoms with E-state index in [4.69, 9.17) is 29.9 Å². The van der Waals surface area contributed by atoms with Crippen molar-refractivity contribution in [3.8, 4) is 0 Å². The van der Waals surface area contributed by atoms with Crippen LogP contribution in [0.3, 0.4) is 0 Å². The van der Waals surface area contributed by atoms with Gasteiger partial charge in [-0.25, -0.2) is 29.9 Å². The van der Waals surface area contributed by atoms with E-state index in [1.165, 1.54) is 76.2 Å². The Bertz CT molecular complexity index is 4420. The van der Waals surface area contributed by atoms with Crippen LogP contribution in [0.4, 0.5) is 34.9 Å². The van der Waals surface area contributed by atoms with Crippen molar-refractivity contribution in [3.63, 3.8) is 0 Å². The number of pyridine rings is 10. The van der Waals surface area contributed by atoms with Crippen LogP contribution in [0.25, 0.3) is 64.2 Å². The molecular formula is C102H156N22S. The van der Waals surface area contributed by atoms with Crippen molar-refractivity contribution in [2.75, 3.05) is 229 Å². The van der Waals surface area contributed by atoms with Gasteiger partial charge in [-0.3, -0.25) is 19.9 Å². The molecular weight excluding hydrogens is 1570 g/mol. The second-order valence-corrected chi connectivity index (χ2v) is 31.8. The molecule has 6 saturated heterocycles. The number of anilines is 6. The Morgan fingerprint density at radius 3 is 1.01 bits per heavy atom. The molecule has 0 amide bonds.